The number of aromatic carboxylic acids is 1. The van der Waals surface area contributed by atoms with Crippen LogP contribution in [0.1, 0.15) is 45.7 Å². The summed E-state index contributed by atoms with van der Waals surface area (Å²) in [5, 5.41) is 12.6. The first-order valence-electron chi connectivity index (χ1n) is 6.46. The van der Waals surface area contributed by atoms with Crippen molar-refractivity contribution < 1.29 is 14.7 Å². The van der Waals surface area contributed by atoms with Crippen LogP contribution in [0.4, 0.5) is 5.69 Å². The quantitative estimate of drug-likeness (QED) is 0.908. The van der Waals surface area contributed by atoms with Crippen LogP contribution in [0.5, 0.6) is 0 Å². The van der Waals surface area contributed by atoms with Gasteiger partial charge in [-0.1, -0.05) is 19.1 Å². The van der Waals surface area contributed by atoms with E-state index in [9.17, 15) is 9.59 Å². The summed E-state index contributed by atoms with van der Waals surface area (Å²) in [5.74, 6) is -1.05. The van der Waals surface area contributed by atoms with Gasteiger partial charge in [0.05, 0.1) is 5.69 Å². The normalized spacial score (nSPS) is 12.0. The Morgan fingerprint density at radius 1 is 1.29 bits per heavy atom. The maximum Gasteiger partial charge on any atom is 0.347 e. The second-order valence-corrected chi connectivity index (χ2v) is 5.83. The molecule has 6 heteroatoms. The van der Waals surface area contributed by atoms with Crippen molar-refractivity contribution in [1.29, 1.82) is 0 Å². The van der Waals surface area contributed by atoms with Crippen LogP contribution in [0.2, 0.25) is 0 Å². The summed E-state index contributed by atoms with van der Waals surface area (Å²) in [4.78, 5) is 26.7. The van der Waals surface area contributed by atoms with Crippen molar-refractivity contribution in [2.75, 3.05) is 5.32 Å². The number of hydrogen-bond acceptors (Lipinski definition) is 4. The molecule has 0 bridgehead atoms. The number of benzene rings is 1. The fourth-order valence-electron chi connectivity index (χ4n) is 2.00. The molecule has 0 aliphatic carbocycles. The minimum Gasteiger partial charge on any atom is -0.477 e. The van der Waals surface area contributed by atoms with Crippen LogP contribution in [-0.2, 0) is 4.79 Å². The van der Waals surface area contributed by atoms with E-state index in [0.717, 1.165) is 16.3 Å². The molecule has 2 N–H and O–H groups in total. The number of rotatable bonds is 4. The first-order chi connectivity index (χ1) is 9.88. The summed E-state index contributed by atoms with van der Waals surface area (Å²) < 4.78 is 0. The van der Waals surface area contributed by atoms with Crippen LogP contribution in [-0.4, -0.2) is 22.0 Å². The molecule has 1 amide bonds. The summed E-state index contributed by atoms with van der Waals surface area (Å²) in [6.07, 6.45) is 0. The molecule has 0 radical (unpaired) electrons. The number of aryl methyl sites for hydroxylation is 1. The lowest BCUT2D eigenvalue weighted by atomic mass is 10.0. The summed E-state index contributed by atoms with van der Waals surface area (Å²) >= 11 is 1.20. The molecule has 110 valence electrons. The smallest absolute Gasteiger partial charge is 0.347 e. The molecule has 0 aliphatic rings. The Kier molecular flexibility index (Phi) is 4.37. The van der Waals surface area contributed by atoms with E-state index in [0.29, 0.717) is 5.69 Å². The fraction of sp³-hybridized carbons (Fsp3) is 0.267. The average Bonchev–Trinajstić information content (AvgIpc) is 2.80. The van der Waals surface area contributed by atoms with Gasteiger partial charge in [-0.05, 0) is 24.6 Å². The van der Waals surface area contributed by atoms with Gasteiger partial charge >= 0.3 is 5.97 Å². The molecule has 0 aliphatic heterocycles. The predicted octanol–water partition coefficient (Wildman–Crippen LogP) is 3.26. The molecular weight excluding hydrogens is 288 g/mol. The number of nitrogens with one attached hydrogen (secondary N) is 1. The van der Waals surface area contributed by atoms with Gasteiger partial charge in [0.1, 0.15) is 9.88 Å². The maximum absolute atomic E-state index is 11.1. The molecule has 1 atom stereocenters. The number of amides is 1. The fourth-order valence-corrected chi connectivity index (χ4v) is 2.99. The molecule has 0 saturated carbocycles. The van der Waals surface area contributed by atoms with E-state index in [1.54, 1.807) is 6.92 Å². The molecule has 1 aromatic heterocycles. The van der Waals surface area contributed by atoms with Crippen molar-refractivity contribution in [2.24, 2.45) is 0 Å². The van der Waals surface area contributed by atoms with Crippen molar-refractivity contribution in [3.8, 4) is 0 Å². The summed E-state index contributed by atoms with van der Waals surface area (Å²) in [7, 11) is 0. The molecule has 5 nitrogen and oxygen atoms in total. The molecule has 0 saturated heterocycles. The Labute approximate surface area is 126 Å². The number of carbonyl (C=O) groups excluding carboxylic acids is 1. The van der Waals surface area contributed by atoms with Crippen molar-refractivity contribution >= 4 is 28.9 Å². The second kappa shape index (κ2) is 6.05. The molecule has 2 rings (SSSR count). The standard InChI is InChI=1S/C15H16N2O3S/c1-8(14-16-9(2)13(21-14)15(19)20)11-4-6-12(7-5-11)17-10(3)18/h4-8H,1-3H3,(H,17,18)(H,19,20). The van der Waals surface area contributed by atoms with Gasteiger partial charge in [-0.15, -0.1) is 11.3 Å². The predicted molar refractivity (Wildman–Crippen MR) is 82.1 cm³/mol. The van der Waals surface area contributed by atoms with Crippen LogP contribution in [0.15, 0.2) is 24.3 Å². The zero-order chi connectivity index (χ0) is 15.6. The third-order valence-electron chi connectivity index (χ3n) is 3.11. The lowest BCUT2D eigenvalue weighted by Gasteiger charge is -2.10. The molecule has 0 fully saturated rings. The van der Waals surface area contributed by atoms with E-state index in [1.165, 1.54) is 18.3 Å². The van der Waals surface area contributed by atoms with Gasteiger partial charge < -0.3 is 10.4 Å². The third-order valence-corrected chi connectivity index (χ3v) is 4.44. The van der Waals surface area contributed by atoms with Crippen LogP contribution in [0, 0.1) is 6.92 Å². The summed E-state index contributed by atoms with van der Waals surface area (Å²) in [5.41, 5.74) is 2.30. The zero-order valence-electron chi connectivity index (χ0n) is 12.0. The first-order valence-corrected chi connectivity index (χ1v) is 7.28. The highest BCUT2D eigenvalue weighted by atomic mass is 32.1. The lowest BCUT2D eigenvalue weighted by molar-refractivity contribution is -0.114. The average molecular weight is 304 g/mol. The number of aromatic nitrogens is 1. The van der Waals surface area contributed by atoms with Gasteiger partial charge in [0.25, 0.3) is 0 Å². The van der Waals surface area contributed by atoms with Crippen molar-refractivity contribution in [3.63, 3.8) is 0 Å². The number of carbonyl (C=O) groups is 2. The minimum atomic E-state index is -0.940. The van der Waals surface area contributed by atoms with Gasteiger partial charge in [0, 0.05) is 18.5 Å². The number of nitrogens with zero attached hydrogens (tertiary/aromatic N) is 1. The summed E-state index contributed by atoms with van der Waals surface area (Å²) in [6.45, 7) is 5.15. The first kappa shape index (κ1) is 15.2. The van der Waals surface area contributed by atoms with Crippen LogP contribution < -0.4 is 5.32 Å². The maximum atomic E-state index is 11.1. The number of anilines is 1. The third kappa shape index (κ3) is 3.46. The van der Waals surface area contributed by atoms with Gasteiger partial charge in [-0.2, -0.15) is 0 Å². The highest BCUT2D eigenvalue weighted by Crippen LogP contribution is 2.30. The van der Waals surface area contributed by atoms with Crippen molar-refractivity contribution in [2.45, 2.75) is 26.7 Å². The van der Waals surface area contributed by atoms with Gasteiger partial charge in [0.15, 0.2) is 0 Å². The zero-order valence-corrected chi connectivity index (χ0v) is 12.8. The Morgan fingerprint density at radius 3 is 2.38 bits per heavy atom. The summed E-state index contributed by atoms with van der Waals surface area (Å²) in [6, 6.07) is 7.47. The van der Waals surface area contributed by atoms with Crippen LogP contribution >= 0.6 is 11.3 Å². The molecule has 1 unspecified atom stereocenters. The Balaban J connectivity index is 2.23. The van der Waals surface area contributed by atoms with Crippen LogP contribution in [0.3, 0.4) is 0 Å². The van der Waals surface area contributed by atoms with Gasteiger partial charge in [0.2, 0.25) is 5.91 Å². The molecule has 0 spiro atoms. The highest BCUT2D eigenvalue weighted by Gasteiger charge is 2.18. The van der Waals surface area contributed by atoms with Gasteiger partial charge in [-0.3, -0.25) is 4.79 Å². The van der Waals surface area contributed by atoms with Gasteiger partial charge in [-0.25, -0.2) is 9.78 Å². The number of thiazole rings is 1. The highest BCUT2D eigenvalue weighted by molar-refractivity contribution is 7.13. The van der Waals surface area contributed by atoms with E-state index >= 15 is 0 Å². The largest absolute Gasteiger partial charge is 0.477 e. The number of hydrogen-bond donors (Lipinski definition) is 2. The van der Waals surface area contributed by atoms with Crippen molar-refractivity contribution in [1.82, 2.24) is 4.98 Å². The lowest BCUT2D eigenvalue weighted by Crippen LogP contribution is -2.05. The Bertz CT molecular complexity index is 677. The molecule has 1 heterocycles. The Hall–Kier alpha value is -2.21. The minimum absolute atomic E-state index is 0.00757. The molecule has 21 heavy (non-hydrogen) atoms. The Morgan fingerprint density at radius 2 is 1.90 bits per heavy atom. The molecular formula is C15H16N2O3S. The SMILES string of the molecule is CC(=O)Nc1ccc(C(C)c2nc(C)c(C(=O)O)s2)cc1. The van der Waals surface area contributed by atoms with E-state index < -0.39 is 5.97 Å². The second-order valence-electron chi connectivity index (χ2n) is 4.80. The van der Waals surface area contributed by atoms with E-state index in [4.69, 9.17) is 5.11 Å². The number of carboxylic acid groups (broad SMARTS) is 1. The monoisotopic (exact) mass is 304 g/mol. The number of carboxylic acids is 1. The van der Waals surface area contributed by atoms with Crippen LogP contribution in [0.25, 0.3) is 0 Å². The van der Waals surface area contributed by atoms with E-state index in [2.05, 4.69) is 10.3 Å². The van der Waals surface area contributed by atoms with Crippen molar-refractivity contribution in [3.05, 3.63) is 45.4 Å². The topological polar surface area (TPSA) is 79.3 Å². The molecule has 1 aromatic carbocycles. The van der Waals surface area contributed by atoms with E-state index in [1.807, 2.05) is 31.2 Å². The molecule has 2 aromatic rings. The van der Waals surface area contributed by atoms with E-state index in [-0.39, 0.29) is 16.7 Å².